The molecule has 0 saturated heterocycles. The van der Waals surface area contributed by atoms with Crippen molar-refractivity contribution in [2.75, 3.05) is 0 Å². The summed E-state index contributed by atoms with van der Waals surface area (Å²) in [7, 11) is -8.67. The van der Waals surface area contributed by atoms with Crippen molar-refractivity contribution in [1.29, 1.82) is 0 Å². The Labute approximate surface area is 156 Å². The summed E-state index contributed by atoms with van der Waals surface area (Å²) < 4.78 is 0. The molecule has 12 N–H and O–H groups in total. The molecule has 0 aliphatic rings. The average Bonchev–Trinajstić information content (AvgIpc) is 1.76. The van der Waals surface area contributed by atoms with Crippen LogP contribution in [0.3, 0.4) is 0 Å². The summed E-state index contributed by atoms with van der Waals surface area (Å²) >= 11 is 0. The van der Waals surface area contributed by atoms with Crippen molar-refractivity contribution in [2.45, 2.75) is 0 Å². The van der Waals surface area contributed by atoms with Gasteiger partial charge in [0.2, 0.25) is 0 Å². The molecule has 12 nitrogen and oxygen atoms in total. The number of hydrogen-bond acceptors (Lipinski definition) is 12. The Kier molecular flexibility index (Phi) is 48.6. The molecule has 0 spiro atoms. The van der Waals surface area contributed by atoms with Crippen LogP contribution in [0.5, 0.6) is 0 Å². The Morgan fingerprint density at radius 2 is 0.294 bits per heavy atom. The van der Waals surface area contributed by atoms with Gasteiger partial charge in [0.25, 0.3) is 0 Å². The van der Waals surface area contributed by atoms with Crippen LogP contribution in [0.4, 0.5) is 0 Å². The first-order chi connectivity index (χ1) is 6.93. The van der Waals surface area contributed by atoms with Crippen LogP contribution in [0.15, 0.2) is 0 Å². The maximum absolute atomic E-state index is 7.17. The predicted molar refractivity (Wildman–Crippen MR) is 56.8 cm³/mol. The molecule has 0 aliphatic heterocycles. The molecule has 0 fully saturated rings. The van der Waals surface area contributed by atoms with Crippen LogP contribution in [0.2, 0.25) is 0 Å². The normalized spacial score (nSPS) is 6.35. The van der Waals surface area contributed by atoms with Gasteiger partial charge in [0.05, 0.1) is 0 Å². The fraction of sp³-hybridized carbons (Fsp3) is 0. The first kappa shape index (κ1) is 31.3. The molecule has 98 valence electrons. The van der Waals surface area contributed by atoms with Crippen LogP contribution in [-0.2, 0) is 0 Å². The third-order valence-corrected chi connectivity index (χ3v) is 0. The van der Waals surface area contributed by atoms with Gasteiger partial charge in [-0.15, -0.1) is 0 Å². The summed E-state index contributed by atoms with van der Waals surface area (Å²) in [6, 6.07) is 0. The Bertz CT molecular complexity index is 61.5. The quantitative estimate of drug-likeness (QED) is 0.175. The molecule has 0 aromatic heterocycles. The SMILES string of the molecule is OB(O)O.OB(O)O.OB(O)O.OB(O)O.[CsH]. The van der Waals surface area contributed by atoms with E-state index in [1.54, 1.807) is 0 Å². The van der Waals surface area contributed by atoms with Crippen molar-refractivity contribution in [2.24, 2.45) is 0 Å². The van der Waals surface area contributed by atoms with Crippen LogP contribution >= 0.6 is 0 Å². The molecule has 0 atom stereocenters. The fourth-order valence-corrected chi connectivity index (χ4v) is 0. The third kappa shape index (κ3) is 1330. The molecule has 0 rings (SSSR count). The second-order valence-electron chi connectivity index (χ2n) is 1.39. The van der Waals surface area contributed by atoms with Gasteiger partial charge < -0.3 is 60.3 Å². The molecule has 0 amide bonds. The van der Waals surface area contributed by atoms with Gasteiger partial charge in [0.15, 0.2) is 0 Å². The molecule has 0 radical (unpaired) electrons. The van der Waals surface area contributed by atoms with Crippen molar-refractivity contribution < 1.29 is 60.3 Å². The molecule has 0 aromatic rings. The molecule has 0 aliphatic carbocycles. The van der Waals surface area contributed by atoms with Crippen molar-refractivity contribution in [3.63, 3.8) is 0 Å². The van der Waals surface area contributed by atoms with Gasteiger partial charge in [-0.1, -0.05) is 0 Å². The van der Waals surface area contributed by atoms with Crippen LogP contribution < -0.4 is 0 Å². The zero-order valence-electron chi connectivity index (χ0n) is 7.68. The first-order valence-electron chi connectivity index (χ1n) is 3.10. The summed E-state index contributed by atoms with van der Waals surface area (Å²) in [5.74, 6) is 0. The van der Waals surface area contributed by atoms with Crippen molar-refractivity contribution >= 4 is 98.2 Å². The second-order valence-corrected chi connectivity index (χ2v) is 1.39. The van der Waals surface area contributed by atoms with E-state index in [4.69, 9.17) is 60.3 Å². The van der Waals surface area contributed by atoms with Gasteiger partial charge >= 0.3 is 98.2 Å². The van der Waals surface area contributed by atoms with Crippen LogP contribution in [-0.4, -0.2) is 158 Å². The van der Waals surface area contributed by atoms with E-state index in [1.807, 2.05) is 0 Å². The zero-order valence-corrected chi connectivity index (χ0v) is 7.68. The number of rotatable bonds is 0. The van der Waals surface area contributed by atoms with E-state index in [2.05, 4.69) is 0 Å². The van der Waals surface area contributed by atoms with Gasteiger partial charge in [0.1, 0.15) is 0 Å². The van der Waals surface area contributed by atoms with Crippen LogP contribution in [0, 0.1) is 0 Å². The molecule has 0 saturated carbocycles. The summed E-state index contributed by atoms with van der Waals surface area (Å²) in [5.41, 5.74) is 0. The maximum atomic E-state index is 7.17. The van der Waals surface area contributed by atoms with E-state index < -0.39 is 29.3 Å². The van der Waals surface area contributed by atoms with E-state index in [9.17, 15) is 0 Å². The number of hydrogen-bond donors (Lipinski definition) is 12. The fourth-order valence-electron chi connectivity index (χ4n) is 0. The summed E-state index contributed by atoms with van der Waals surface area (Å²) in [4.78, 5) is 0. The second kappa shape index (κ2) is 26.4. The molecule has 0 unspecified atom stereocenters. The molecule has 17 heavy (non-hydrogen) atoms. The molecule has 0 aromatic carbocycles. The molecule has 0 heterocycles. The molecule has 0 bridgehead atoms. The predicted octanol–water partition coefficient (Wildman–Crippen LogP) is -8.86. The van der Waals surface area contributed by atoms with Gasteiger partial charge in [-0.05, 0) is 0 Å². The summed E-state index contributed by atoms with van der Waals surface area (Å²) in [6.07, 6.45) is 0. The Morgan fingerprint density at radius 1 is 0.294 bits per heavy atom. The summed E-state index contributed by atoms with van der Waals surface area (Å²) in [6.45, 7) is 0. The minimum atomic E-state index is -2.17. The van der Waals surface area contributed by atoms with E-state index in [1.165, 1.54) is 0 Å². The standard InChI is InChI=1S/4BH3O3.Cs.H/c4*2-1(3)4;;/h4*2-4H;;. The Hall–Kier alpha value is 1.83. The molecule has 17 heteroatoms. The van der Waals surface area contributed by atoms with E-state index in [0.29, 0.717) is 0 Å². The first-order valence-corrected chi connectivity index (χ1v) is 3.10. The average molecular weight is 381 g/mol. The van der Waals surface area contributed by atoms with Crippen molar-refractivity contribution in [3.05, 3.63) is 0 Å². The zero-order chi connectivity index (χ0) is 14.3. The third-order valence-electron chi connectivity index (χ3n) is 0. The molecular formula is H13B4CsO12. The monoisotopic (exact) mass is 382 g/mol. The molecular weight excluding hydrogens is 368 g/mol. The van der Waals surface area contributed by atoms with Crippen LogP contribution in [0.1, 0.15) is 0 Å². The van der Waals surface area contributed by atoms with Gasteiger partial charge in [-0.25, -0.2) is 0 Å². The van der Waals surface area contributed by atoms with Crippen LogP contribution in [0.25, 0.3) is 0 Å². The topological polar surface area (TPSA) is 243 Å². The van der Waals surface area contributed by atoms with Gasteiger partial charge in [-0.2, -0.15) is 0 Å². The van der Waals surface area contributed by atoms with Gasteiger partial charge in [-0.3, -0.25) is 0 Å². The summed E-state index contributed by atoms with van der Waals surface area (Å²) in [5, 5.41) is 86.0. The van der Waals surface area contributed by atoms with E-state index in [0.717, 1.165) is 0 Å². The minimum absolute atomic E-state index is 0. The Balaban J connectivity index is -0.0000000369. The van der Waals surface area contributed by atoms with Crippen molar-refractivity contribution in [1.82, 2.24) is 0 Å². The van der Waals surface area contributed by atoms with E-state index in [-0.39, 0.29) is 68.9 Å². The van der Waals surface area contributed by atoms with E-state index >= 15 is 0 Å². The Morgan fingerprint density at radius 3 is 0.294 bits per heavy atom. The van der Waals surface area contributed by atoms with Crippen molar-refractivity contribution in [3.8, 4) is 0 Å². The van der Waals surface area contributed by atoms with Gasteiger partial charge in [0, 0.05) is 0 Å².